The number of hydrogen-bond donors (Lipinski definition) is 1. The van der Waals surface area contributed by atoms with Crippen molar-refractivity contribution in [3.05, 3.63) is 0 Å². The van der Waals surface area contributed by atoms with Gasteiger partial charge in [-0.1, -0.05) is 0 Å². The molecule has 0 saturated heterocycles. The number of rotatable bonds is 15. The van der Waals surface area contributed by atoms with Crippen molar-refractivity contribution in [3.63, 3.8) is 0 Å². The summed E-state index contributed by atoms with van der Waals surface area (Å²) in [5.41, 5.74) is 0. The van der Waals surface area contributed by atoms with Crippen molar-refractivity contribution in [2.24, 2.45) is 10.2 Å². The van der Waals surface area contributed by atoms with E-state index in [1.54, 1.807) is 7.05 Å². The molecule has 0 aliphatic rings. The Hall–Kier alpha value is -1.09. The number of carboxylic acid groups (broad SMARTS) is 1. The van der Waals surface area contributed by atoms with Gasteiger partial charge in [0.2, 0.25) is 0 Å². The van der Waals surface area contributed by atoms with Crippen molar-refractivity contribution in [2.75, 3.05) is 66.4 Å². The highest BCUT2D eigenvalue weighted by molar-refractivity contribution is 5.66. The van der Waals surface area contributed by atoms with E-state index in [2.05, 4.69) is 10.2 Å². The van der Waals surface area contributed by atoms with Crippen LogP contribution in [0, 0.1) is 0 Å². The minimum Gasteiger partial charge on any atom is -0.481 e. The van der Waals surface area contributed by atoms with Gasteiger partial charge in [0.1, 0.15) is 0 Å². The molecule has 0 radical (unpaired) electrons. The zero-order chi connectivity index (χ0) is 14.9. The number of azo groups is 1. The quantitative estimate of drug-likeness (QED) is 0.351. The Balaban J connectivity index is 2.97. The van der Waals surface area contributed by atoms with Gasteiger partial charge >= 0.3 is 5.97 Å². The lowest BCUT2D eigenvalue weighted by Crippen LogP contribution is -2.13. The van der Waals surface area contributed by atoms with Gasteiger partial charge in [-0.3, -0.25) is 4.79 Å². The predicted molar refractivity (Wildman–Crippen MR) is 71.2 cm³/mol. The van der Waals surface area contributed by atoms with Crippen LogP contribution in [-0.2, 0) is 23.7 Å². The van der Waals surface area contributed by atoms with Crippen LogP contribution in [0.2, 0.25) is 0 Å². The molecule has 118 valence electrons. The molecule has 0 unspecified atom stereocenters. The lowest BCUT2D eigenvalue weighted by Gasteiger charge is -2.06. The van der Waals surface area contributed by atoms with E-state index < -0.39 is 5.97 Å². The Labute approximate surface area is 119 Å². The van der Waals surface area contributed by atoms with E-state index in [4.69, 9.17) is 24.1 Å². The Morgan fingerprint density at radius 1 is 0.850 bits per heavy atom. The summed E-state index contributed by atoms with van der Waals surface area (Å²) in [5, 5.41) is 15.7. The molecule has 0 spiro atoms. The molecule has 0 bridgehead atoms. The molecule has 0 atom stereocenters. The van der Waals surface area contributed by atoms with Gasteiger partial charge in [-0.15, -0.1) is 0 Å². The summed E-state index contributed by atoms with van der Waals surface area (Å²) in [6, 6.07) is 0. The van der Waals surface area contributed by atoms with Crippen LogP contribution >= 0.6 is 0 Å². The molecule has 0 aromatic carbocycles. The van der Waals surface area contributed by atoms with Crippen LogP contribution in [0.1, 0.15) is 6.42 Å². The molecule has 0 aliphatic carbocycles. The average molecular weight is 292 g/mol. The molecule has 20 heavy (non-hydrogen) atoms. The molecule has 1 N–H and O–H groups in total. The second kappa shape index (κ2) is 16.0. The number of nitrogens with zero attached hydrogens (tertiary/aromatic N) is 2. The zero-order valence-electron chi connectivity index (χ0n) is 12.0. The Bertz CT molecular complexity index is 250. The fourth-order valence-electron chi connectivity index (χ4n) is 1.13. The summed E-state index contributed by atoms with van der Waals surface area (Å²) in [6.07, 6.45) is 0.0166. The summed E-state index contributed by atoms with van der Waals surface area (Å²) in [7, 11) is 1.63. The third-order valence-electron chi connectivity index (χ3n) is 2.05. The van der Waals surface area contributed by atoms with Gasteiger partial charge in [-0.25, -0.2) is 0 Å². The predicted octanol–water partition coefficient (Wildman–Crippen LogP) is 0.610. The molecule has 0 saturated carbocycles. The molecule has 0 heterocycles. The lowest BCUT2D eigenvalue weighted by molar-refractivity contribution is -0.138. The van der Waals surface area contributed by atoms with E-state index in [1.807, 2.05) is 0 Å². The van der Waals surface area contributed by atoms with Gasteiger partial charge in [0.15, 0.2) is 0 Å². The standard InChI is InChI=1S/C12H24N2O6/c1-13-14-3-5-18-7-9-20-11-10-19-8-6-17-4-2-12(15)16/h2-11H2,1H3,(H,15,16). The maximum Gasteiger partial charge on any atom is 0.305 e. The fourth-order valence-corrected chi connectivity index (χ4v) is 1.13. The van der Waals surface area contributed by atoms with Gasteiger partial charge < -0.3 is 24.1 Å². The number of ether oxygens (including phenoxy) is 4. The van der Waals surface area contributed by atoms with Gasteiger partial charge in [0.25, 0.3) is 0 Å². The summed E-state index contributed by atoms with van der Waals surface area (Å²) in [4.78, 5) is 10.2. The molecular formula is C12H24N2O6. The summed E-state index contributed by atoms with van der Waals surface area (Å²) < 4.78 is 20.8. The van der Waals surface area contributed by atoms with Gasteiger partial charge in [0.05, 0.1) is 65.8 Å². The van der Waals surface area contributed by atoms with Crippen LogP contribution < -0.4 is 0 Å². The first kappa shape index (κ1) is 18.9. The monoisotopic (exact) mass is 292 g/mol. The maximum atomic E-state index is 10.2. The minimum absolute atomic E-state index is 0.0166. The molecule has 8 heteroatoms. The highest BCUT2D eigenvalue weighted by atomic mass is 16.6. The third kappa shape index (κ3) is 16.9. The first-order valence-electron chi connectivity index (χ1n) is 6.55. The van der Waals surface area contributed by atoms with E-state index in [0.29, 0.717) is 52.8 Å². The number of hydrogen-bond acceptors (Lipinski definition) is 7. The average Bonchev–Trinajstić information content (AvgIpc) is 2.43. The number of aliphatic carboxylic acids is 1. The highest BCUT2D eigenvalue weighted by Gasteiger charge is 1.96. The smallest absolute Gasteiger partial charge is 0.305 e. The molecule has 0 amide bonds. The van der Waals surface area contributed by atoms with E-state index in [-0.39, 0.29) is 13.0 Å². The van der Waals surface area contributed by atoms with E-state index >= 15 is 0 Å². The maximum absolute atomic E-state index is 10.2. The van der Waals surface area contributed by atoms with Gasteiger partial charge in [-0.05, 0) is 0 Å². The van der Waals surface area contributed by atoms with Crippen LogP contribution in [-0.4, -0.2) is 77.5 Å². The van der Waals surface area contributed by atoms with Crippen LogP contribution in [0.5, 0.6) is 0 Å². The number of carbonyl (C=O) groups is 1. The Morgan fingerprint density at radius 3 is 1.75 bits per heavy atom. The van der Waals surface area contributed by atoms with E-state index in [9.17, 15) is 4.79 Å². The van der Waals surface area contributed by atoms with Crippen molar-refractivity contribution in [1.82, 2.24) is 0 Å². The molecule has 0 aromatic rings. The SMILES string of the molecule is CN=NCCOCCOCCOCCOCCC(=O)O. The zero-order valence-corrected chi connectivity index (χ0v) is 12.0. The molecule has 0 aliphatic heterocycles. The van der Waals surface area contributed by atoms with Crippen molar-refractivity contribution >= 4 is 5.97 Å². The van der Waals surface area contributed by atoms with Crippen molar-refractivity contribution in [3.8, 4) is 0 Å². The van der Waals surface area contributed by atoms with Crippen LogP contribution in [0.15, 0.2) is 10.2 Å². The Morgan fingerprint density at radius 2 is 1.30 bits per heavy atom. The molecule has 0 rings (SSSR count). The van der Waals surface area contributed by atoms with Crippen molar-refractivity contribution < 1.29 is 28.8 Å². The van der Waals surface area contributed by atoms with E-state index in [0.717, 1.165) is 0 Å². The summed E-state index contributed by atoms with van der Waals surface area (Å²) in [5.74, 6) is -0.862. The highest BCUT2D eigenvalue weighted by Crippen LogP contribution is 1.85. The molecular weight excluding hydrogens is 268 g/mol. The fraction of sp³-hybridized carbons (Fsp3) is 0.917. The second-order valence-electron chi connectivity index (χ2n) is 3.66. The normalized spacial score (nSPS) is 11.2. The van der Waals surface area contributed by atoms with E-state index in [1.165, 1.54) is 0 Å². The van der Waals surface area contributed by atoms with Crippen LogP contribution in [0.25, 0.3) is 0 Å². The van der Waals surface area contributed by atoms with Crippen LogP contribution in [0.4, 0.5) is 0 Å². The van der Waals surface area contributed by atoms with Crippen molar-refractivity contribution in [1.29, 1.82) is 0 Å². The molecule has 8 nitrogen and oxygen atoms in total. The largest absolute Gasteiger partial charge is 0.481 e. The first-order chi connectivity index (χ1) is 9.77. The van der Waals surface area contributed by atoms with Gasteiger partial charge in [-0.2, -0.15) is 10.2 Å². The van der Waals surface area contributed by atoms with Crippen LogP contribution in [0.3, 0.4) is 0 Å². The summed E-state index contributed by atoms with van der Waals surface area (Å²) >= 11 is 0. The minimum atomic E-state index is -0.862. The molecule has 0 aromatic heterocycles. The third-order valence-corrected chi connectivity index (χ3v) is 2.05. The van der Waals surface area contributed by atoms with Gasteiger partial charge in [0, 0.05) is 7.05 Å². The summed E-state index contributed by atoms with van der Waals surface area (Å²) in [6.45, 7) is 4.17. The lowest BCUT2D eigenvalue weighted by atomic mass is 10.5. The topological polar surface area (TPSA) is 98.9 Å². The number of carboxylic acids is 1. The molecule has 0 fully saturated rings. The first-order valence-corrected chi connectivity index (χ1v) is 6.55. The second-order valence-corrected chi connectivity index (χ2v) is 3.66. The Kier molecular flexibility index (Phi) is 15.1. The van der Waals surface area contributed by atoms with Crippen molar-refractivity contribution in [2.45, 2.75) is 6.42 Å².